The monoisotopic (exact) mass is 510 g/mol. The Morgan fingerprint density at radius 2 is 1.92 bits per heavy atom. The van der Waals surface area contributed by atoms with Crippen LogP contribution in [0.15, 0.2) is 36.7 Å². The largest absolute Gasteiger partial charge is 0.496 e. The van der Waals surface area contributed by atoms with Crippen molar-refractivity contribution in [3.63, 3.8) is 0 Å². The Kier molecular flexibility index (Phi) is 7.46. The number of rotatable bonds is 11. The van der Waals surface area contributed by atoms with Crippen molar-refractivity contribution in [2.45, 2.75) is 31.9 Å². The number of benzene rings is 1. The molecule has 2 amide bonds. The number of amides is 2. The summed E-state index contributed by atoms with van der Waals surface area (Å²) in [6.45, 7) is -3.32. The van der Waals surface area contributed by atoms with Crippen LogP contribution < -0.4 is 24.8 Å². The Bertz CT molecular complexity index is 1260. The summed E-state index contributed by atoms with van der Waals surface area (Å²) in [6.07, 6.45) is 1.63. The van der Waals surface area contributed by atoms with Crippen LogP contribution in [-0.4, -0.2) is 60.5 Å². The first-order valence-electron chi connectivity index (χ1n) is 10.9. The van der Waals surface area contributed by atoms with Crippen LogP contribution in [0.2, 0.25) is 0 Å². The number of alkyl halides is 4. The number of imidazole rings is 1. The van der Waals surface area contributed by atoms with Gasteiger partial charge in [0.05, 0.1) is 25.5 Å². The summed E-state index contributed by atoms with van der Waals surface area (Å²) < 4.78 is 67.9. The van der Waals surface area contributed by atoms with Gasteiger partial charge in [0, 0.05) is 23.9 Å². The molecule has 1 fully saturated rings. The van der Waals surface area contributed by atoms with Gasteiger partial charge in [0.2, 0.25) is 0 Å². The normalized spacial score (nSPS) is 13.2. The van der Waals surface area contributed by atoms with E-state index in [1.54, 1.807) is 22.7 Å². The summed E-state index contributed by atoms with van der Waals surface area (Å²) in [6, 6.07) is 6.00. The van der Waals surface area contributed by atoms with Crippen LogP contribution in [0.4, 0.5) is 17.6 Å². The highest BCUT2D eigenvalue weighted by Crippen LogP contribution is 2.37. The molecule has 9 nitrogen and oxygen atoms in total. The predicted molar refractivity (Wildman–Crippen MR) is 119 cm³/mol. The molecule has 0 saturated heterocycles. The Balaban J connectivity index is 1.59. The summed E-state index contributed by atoms with van der Waals surface area (Å²) in [4.78, 5) is 27.9. The maximum Gasteiger partial charge on any atom is 0.387 e. The fraction of sp³-hybridized carbons (Fsp3) is 0.348. The molecule has 13 heteroatoms. The minimum atomic E-state index is -3.16. The molecule has 4 rings (SSSR count). The second-order valence-corrected chi connectivity index (χ2v) is 7.85. The van der Waals surface area contributed by atoms with E-state index < -0.39 is 24.9 Å². The van der Waals surface area contributed by atoms with Gasteiger partial charge in [-0.3, -0.25) is 14.0 Å². The predicted octanol–water partition coefficient (Wildman–Crippen LogP) is 3.26. The zero-order valence-corrected chi connectivity index (χ0v) is 19.0. The van der Waals surface area contributed by atoms with E-state index in [0.29, 0.717) is 22.7 Å². The van der Waals surface area contributed by atoms with Crippen LogP contribution in [0.5, 0.6) is 17.2 Å². The second-order valence-electron chi connectivity index (χ2n) is 7.85. The average molecular weight is 510 g/mol. The molecule has 1 aromatic carbocycles. The van der Waals surface area contributed by atoms with Gasteiger partial charge in [-0.05, 0) is 31.0 Å². The molecule has 0 aliphatic heterocycles. The van der Waals surface area contributed by atoms with Gasteiger partial charge in [0.15, 0.2) is 0 Å². The number of carbonyl (C=O) groups is 2. The van der Waals surface area contributed by atoms with Crippen LogP contribution in [0.3, 0.4) is 0 Å². The number of hydrogen-bond acceptors (Lipinski definition) is 6. The summed E-state index contributed by atoms with van der Waals surface area (Å²) in [5.41, 5.74) is 1.20. The smallest absolute Gasteiger partial charge is 0.387 e. The number of fused-ring (bicyclic) bond motifs is 1. The molecule has 0 atom stereocenters. The fourth-order valence-corrected chi connectivity index (χ4v) is 3.48. The quantitative estimate of drug-likeness (QED) is 0.303. The number of nitrogens with zero attached hydrogens (tertiary/aromatic N) is 2. The van der Waals surface area contributed by atoms with Crippen molar-refractivity contribution in [1.29, 1.82) is 0 Å². The first kappa shape index (κ1) is 25.1. The lowest BCUT2D eigenvalue weighted by Crippen LogP contribution is -2.32. The first-order valence-corrected chi connectivity index (χ1v) is 10.9. The Morgan fingerprint density at radius 1 is 1.17 bits per heavy atom. The highest BCUT2D eigenvalue weighted by molar-refractivity contribution is 6.01. The highest BCUT2D eigenvalue weighted by atomic mass is 19.3. The van der Waals surface area contributed by atoms with Gasteiger partial charge in [-0.25, -0.2) is 4.98 Å². The maximum absolute atomic E-state index is 13.2. The maximum atomic E-state index is 13.2. The second kappa shape index (κ2) is 10.7. The van der Waals surface area contributed by atoms with Gasteiger partial charge in [0.1, 0.15) is 35.1 Å². The molecule has 1 aliphatic rings. The number of nitrogens with one attached hydrogen (secondary N) is 2. The Labute approximate surface area is 202 Å². The minimum Gasteiger partial charge on any atom is -0.496 e. The number of pyridine rings is 1. The van der Waals surface area contributed by atoms with Crippen LogP contribution in [-0.2, 0) is 4.79 Å². The molecule has 2 heterocycles. The molecule has 3 aromatic rings. The summed E-state index contributed by atoms with van der Waals surface area (Å²) >= 11 is 0. The number of methoxy groups -OCH3 is 1. The van der Waals surface area contributed by atoms with Gasteiger partial charge >= 0.3 is 13.0 Å². The molecule has 0 spiro atoms. The van der Waals surface area contributed by atoms with Crippen molar-refractivity contribution in [2.24, 2.45) is 0 Å². The van der Waals surface area contributed by atoms with Crippen molar-refractivity contribution >= 4 is 17.5 Å². The lowest BCUT2D eigenvalue weighted by Gasteiger charge is -2.16. The summed E-state index contributed by atoms with van der Waals surface area (Å²) in [7, 11) is 1.32. The van der Waals surface area contributed by atoms with E-state index in [0.717, 1.165) is 12.8 Å². The van der Waals surface area contributed by atoms with Crippen molar-refractivity contribution in [3.8, 4) is 28.5 Å². The summed E-state index contributed by atoms with van der Waals surface area (Å²) in [5, 5.41) is 4.78. The number of carbonyl (C=O) groups excluding carboxylic acids is 2. The molecule has 2 aromatic heterocycles. The fourth-order valence-electron chi connectivity index (χ4n) is 3.48. The topological polar surface area (TPSA) is 103 Å². The van der Waals surface area contributed by atoms with Crippen LogP contribution in [0, 0.1) is 0 Å². The number of ether oxygens (including phenoxy) is 3. The molecule has 192 valence electrons. The molecule has 0 radical (unpaired) electrons. The molecule has 1 saturated carbocycles. The van der Waals surface area contributed by atoms with E-state index >= 15 is 0 Å². The van der Waals surface area contributed by atoms with Gasteiger partial charge in [-0.15, -0.1) is 0 Å². The zero-order chi connectivity index (χ0) is 25.8. The van der Waals surface area contributed by atoms with Crippen LogP contribution in [0.1, 0.15) is 23.2 Å². The van der Waals surface area contributed by atoms with Gasteiger partial charge in [0.25, 0.3) is 11.8 Å². The number of hydrogen-bond donors (Lipinski definition) is 2. The molecule has 1 aliphatic carbocycles. The number of aromatic nitrogens is 2. The lowest BCUT2D eigenvalue weighted by molar-refractivity contribution is -0.131. The van der Waals surface area contributed by atoms with E-state index in [-0.39, 0.29) is 36.3 Å². The van der Waals surface area contributed by atoms with E-state index in [4.69, 9.17) is 9.47 Å². The standard InChI is InChI=1S/C23H22F4N4O5/c1-34-16-8-12(9-17(36-23(26)27)19(16)21(32)30-13-2-3-13)15-11-29-18-10-14(4-6-31(15)18)35-7-5-28-22(33)20(24)25/h4,6,8-11,13,20,23H,2-3,5,7H2,1H3,(H,28,33)(H,30,32). The van der Waals surface area contributed by atoms with Crippen LogP contribution in [0.25, 0.3) is 16.9 Å². The Morgan fingerprint density at radius 3 is 2.58 bits per heavy atom. The molecule has 0 unspecified atom stereocenters. The molecule has 2 N–H and O–H groups in total. The van der Waals surface area contributed by atoms with Gasteiger partial charge in [-0.2, -0.15) is 17.6 Å². The van der Waals surface area contributed by atoms with Crippen LogP contribution >= 0.6 is 0 Å². The third-order valence-corrected chi connectivity index (χ3v) is 5.29. The van der Waals surface area contributed by atoms with E-state index in [2.05, 4.69) is 15.0 Å². The molecular weight excluding hydrogens is 488 g/mol. The van der Waals surface area contributed by atoms with Crippen molar-refractivity contribution < 1.29 is 41.4 Å². The zero-order valence-electron chi connectivity index (χ0n) is 19.0. The third-order valence-electron chi connectivity index (χ3n) is 5.29. The molecule has 36 heavy (non-hydrogen) atoms. The third kappa shape index (κ3) is 5.78. The van der Waals surface area contributed by atoms with Gasteiger partial charge < -0.3 is 24.8 Å². The Hall–Kier alpha value is -4.03. The van der Waals surface area contributed by atoms with Crippen molar-refractivity contribution in [3.05, 3.63) is 42.2 Å². The van der Waals surface area contributed by atoms with Crippen molar-refractivity contribution in [2.75, 3.05) is 20.3 Å². The summed E-state index contributed by atoms with van der Waals surface area (Å²) in [5.74, 6) is -1.85. The minimum absolute atomic E-state index is 0.00274. The van der Waals surface area contributed by atoms with E-state index in [9.17, 15) is 27.2 Å². The molecular formula is C23H22F4N4O5. The van der Waals surface area contributed by atoms with E-state index in [1.807, 2.05) is 5.32 Å². The van der Waals surface area contributed by atoms with E-state index in [1.165, 1.54) is 25.4 Å². The molecule has 0 bridgehead atoms. The number of halogens is 4. The lowest BCUT2D eigenvalue weighted by atomic mass is 10.1. The first-order chi connectivity index (χ1) is 17.3. The average Bonchev–Trinajstić information content (AvgIpc) is 3.55. The highest BCUT2D eigenvalue weighted by Gasteiger charge is 2.29. The van der Waals surface area contributed by atoms with Crippen molar-refractivity contribution in [1.82, 2.24) is 20.0 Å². The van der Waals surface area contributed by atoms with Gasteiger partial charge in [-0.1, -0.05) is 0 Å². The SMILES string of the molecule is COc1cc(-c2cnc3cc(OCCNC(=O)C(F)F)ccn23)cc(OC(F)F)c1C(=O)NC1CC1.